The van der Waals surface area contributed by atoms with Gasteiger partial charge in [-0.15, -0.1) is 0 Å². The lowest BCUT2D eigenvalue weighted by Crippen LogP contribution is -2.16. The second-order valence-corrected chi connectivity index (χ2v) is 3.19. The van der Waals surface area contributed by atoms with Crippen LogP contribution in [0.5, 0.6) is 0 Å². The van der Waals surface area contributed by atoms with Crippen molar-refractivity contribution < 1.29 is 14.4 Å². The normalized spacial score (nSPS) is 15.8. The maximum Gasteiger partial charge on any atom is 0.239 e. The SMILES string of the molecule is CC(C)=O.O=C1CCC(=O)N1Br. The predicted molar refractivity (Wildman–Crippen MR) is 46.4 cm³/mol. The van der Waals surface area contributed by atoms with Gasteiger partial charge in [0.25, 0.3) is 0 Å². The Kier molecular flexibility index (Phi) is 4.73. The van der Waals surface area contributed by atoms with Gasteiger partial charge in [-0.3, -0.25) is 9.59 Å². The molecule has 0 aromatic heterocycles. The monoisotopic (exact) mass is 235 g/mol. The van der Waals surface area contributed by atoms with Gasteiger partial charge >= 0.3 is 0 Å². The second-order valence-electron chi connectivity index (χ2n) is 2.48. The number of hydrogen-bond donors (Lipinski definition) is 0. The Morgan fingerprint density at radius 2 is 1.50 bits per heavy atom. The Labute approximate surface area is 79.3 Å². The average Bonchev–Trinajstić information content (AvgIpc) is 2.19. The fourth-order valence-corrected chi connectivity index (χ4v) is 0.904. The van der Waals surface area contributed by atoms with E-state index in [4.69, 9.17) is 0 Å². The highest BCUT2D eigenvalue weighted by Crippen LogP contribution is 2.14. The molecule has 0 saturated carbocycles. The number of rotatable bonds is 0. The topological polar surface area (TPSA) is 54.5 Å². The molecule has 0 atom stereocenters. The molecule has 0 aliphatic carbocycles. The van der Waals surface area contributed by atoms with E-state index >= 15 is 0 Å². The van der Waals surface area contributed by atoms with Crippen LogP contribution in [-0.4, -0.2) is 21.5 Å². The minimum absolute atomic E-state index is 0.144. The number of carbonyl (C=O) groups excluding carboxylic acids is 3. The van der Waals surface area contributed by atoms with Crippen LogP contribution in [0.25, 0.3) is 0 Å². The van der Waals surface area contributed by atoms with Gasteiger partial charge in [-0.2, -0.15) is 0 Å². The van der Waals surface area contributed by atoms with E-state index in [1.54, 1.807) is 0 Å². The van der Waals surface area contributed by atoms with E-state index in [2.05, 4.69) is 16.1 Å². The van der Waals surface area contributed by atoms with Crippen LogP contribution in [0.3, 0.4) is 0 Å². The van der Waals surface area contributed by atoms with Crippen LogP contribution in [0.1, 0.15) is 26.7 Å². The Balaban J connectivity index is 0.000000261. The van der Waals surface area contributed by atoms with Gasteiger partial charge in [0, 0.05) is 12.8 Å². The van der Waals surface area contributed by atoms with Gasteiger partial charge in [0.05, 0.1) is 16.1 Å². The zero-order chi connectivity index (χ0) is 9.72. The number of ketones is 1. The molecule has 1 heterocycles. The first-order valence-corrected chi connectivity index (χ1v) is 4.15. The highest BCUT2D eigenvalue weighted by atomic mass is 79.9. The molecule has 1 aliphatic rings. The van der Waals surface area contributed by atoms with Gasteiger partial charge in [0.1, 0.15) is 5.78 Å². The molecule has 1 fully saturated rings. The van der Waals surface area contributed by atoms with E-state index in [-0.39, 0.29) is 17.6 Å². The van der Waals surface area contributed by atoms with Crippen LogP contribution < -0.4 is 0 Å². The largest absolute Gasteiger partial charge is 0.300 e. The standard InChI is InChI=1S/C4H4BrNO2.C3H6O/c5-6-3(7)1-2-4(6)8;1-3(2)4/h1-2H2;1-2H3. The molecule has 1 aliphatic heterocycles. The minimum atomic E-state index is -0.144. The van der Waals surface area contributed by atoms with E-state index in [0.29, 0.717) is 12.8 Å². The van der Waals surface area contributed by atoms with Gasteiger partial charge in [0.15, 0.2) is 0 Å². The molecule has 0 unspecified atom stereocenters. The van der Waals surface area contributed by atoms with Gasteiger partial charge in [-0.25, -0.2) is 3.93 Å². The lowest BCUT2D eigenvalue weighted by atomic mass is 10.4. The van der Waals surface area contributed by atoms with E-state index in [1.165, 1.54) is 13.8 Å². The van der Waals surface area contributed by atoms with Gasteiger partial charge in [-0.05, 0) is 13.8 Å². The summed E-state index contributed by atoms with van der Waals surface area (Å²) in [5, 5.41) is 0. The molecule has 0 bridgehead atoms. The number of nitrogens with zero attached hydrogens (tertiary/aromatic N) is 1. The molecule has 0 aromatic rings. The Morgan fingerprint density at radius 3 is 1.58 bits per heavy atom. The molecule has 12 heavy (non-hydrogen) atoms. The van der Waals surface area contributed by atoms with E-state index in [0.717, 1.165) is 3.93 Å². The van der Waals surface area contributed by atoms with Crippen molar-refractivity contribution in [3.05, 3.63) is 0 Å². The van der Waals surface area contributed by atoms with Crippen molar-refractivity contribution >= 4 is 33.7 Å². The smallest absolute Gasteiger partial charge is 0.239 e. The van der Waals surface area contributed by atoms with Crippen LogP contribution in [0, 0.1) is 0 Å². The van der Waals surface area contributed by atoms with Crippen molar-refractivity contribution in [3.8, 4) is 0 Å². The van der Waals surface area contributed by atoms with E-state index < -0.39 is 0 Å². The molecule has 0 aromatic carbocycles. The second kappa shape index (κ2) is 5.03. The number of imide groups is 1. The van der Waals surface area contributed by atoms with Crippen molar-refractivity contribution in [3.63, 3.8) is 0 Å². The highest BCUT2D eigenvalue weighted by Gasteiger charge is 2.26. The fourth-order valence-electron chi connectivity index (χ4n) is 0.549. The third-order valence-electron chi connectivity index (χ3n) is 0.991. The summed E-state index contributed by atoms with van der Waals surface area (Å²) in [5.41, 5.74) is 0. The Hall–Kier alpha value is -0.710. The van der Waals surface area contributed by atoms with Crippen LogP contribution >= 0.6 is 16.1 Å². The summed E-state index contributed by atoms with van der Waals surface area (Å²) in [5.74, 6) is -0.120. The average molecular weight is 236 g/mol. The zero-order valence-corrected chi connectivity index (χ0v) is 8.55. The number of Topliss-reactive ketones (excluding diaryl/α,β-unsaturated/α-hetero) is 1. The first-order valence-electron chi connectivity index (χ1n) is 3.44. The molecule has 0 radical (unpaired) electrons. The number of hydrogen-bond acceptors (Lipinski definition) is 3. The molecule has 0 spiro atoms. The summed E-state index contributed by atoms with van der Waals surface area (Å²) in [7, 11) is 0. The maximum absolute atomic E-state index is 10.4. The highest BCUT2D eigenvalue weighted by molar-refractivity contribution is 9.08. The van der Waals surface area contributed by atoms with Crippen molar-refractivity contribution in [1.82, 2.24) is 3.93 Å². The Morgan fingerprint density at radius 1 is 1.25 bits per heavy atom. The lowest BCUT2D eigenvalue weighted by Gasteiger charge is -1.97. The molecular weight excluding hydrogens is 226 g/mol. The first kappa shape index (κ1) is 11.3. The first-order chi connectivity index (χ1) is 5.45. The summed E-state index contributed by atoms with van der Waals surface area (Å²) < 4.78 is 0.979. The third-order valence-corrected chi connectivity index (χ3v) is 1.78. The van der Waals surface area contributed by atoms with Gasteiger partial charge in [-0.1, -0.05) is 0 Å². The van der Waals surface area contributed by atoms with Crippen molar-refractivity contribution in [2.45, 2.75) is 26.7 Å². The van der Waals surface area contributed by atoms with Crippen molar-refractivity contribution in [2.75, 3.05) is 0 Å². The summed E-state index contributed by atoms with van der Waals surface area (Å²) in [4.78, 5) is 30.3. The van der Waals surface area contributed by atoms with E-state index in [1.807, 2.05) is 0 Å². The van der Waals surface area contributed by atoms with Crippen molar-refractivity contribution in [2.24, 2.45) is 0 Å². The molecule has 68 valence electrons. The summed E-state index contributed by atoms with van der Waals surface area (Å²) in [6, 6.07) is 0. The minimum Gasteiger partial charge on any atom is -0.300 e. The summed E-state index contributed by atoms with van der Waals surface area (Å²) in [6.07, 6.45) is 0.703. The van der Waals surface area contributed by atoms with Crippen LogP contribution in [0.15, 0.2) is 0 Å². The van der Waals surface area contributed by atoms with Crippen LogP contribution in [0.4, 0.5) is 0 Å². The van der Waals surface area contributed by atoms with Gasteiger partial charge in [0.2, 0.25) is 11.8 Å². The maximum atomic E-state index is 10.4. The molecule has 5 heteroatoms. The quantitative estimate of drug-likeness (QED) is 0.466. The molecule has 1 rings (SSSR count). The fraction of sp³-hybridized carbons (Fsp3) is 0.571. The number of amides is 2. The van der Waals surface area contributed by atoms with Crippen molar-refractivity contribution in [1.29, 1.82) is 0 Å². The number of carbonyl (C=O) groups is 3. The van der Waals surface area contributed by atoms with Crippen LogP contribution in [-0.2, 0) is 14.4 Å². The molecular formula is C7H10BrNO3. The molecule has 4 nitrogen and oxygen atoms in total. The Bertz CT molecular complexity index is 195. The lowest BCUT2D eigenvalue weighted by molar-refractivity contribution is -0.131. The zero-order valence-electron chi connectivity index (χ0n) is 6.96. The molecule has 0 N–H and O–H groups in total. The summed E-state index contributed by atoms with van der Waals surface area (Å²) in [6.45, 7) is 3.06. The van der Waals surface area contributed by atoms with Crippen LogP contribution in [0.2, 0.25) is 0 Å². The molecule has 2 amide bonds. The van der Waals surface area contributed by atoms with E-state index in [9.17, 15) is 14.4 Å². The summed E-state index contributed by atoms with van der Waals surface area (Å²) >= 11 is 2.80. The molecule has 1 saturated heterocycles. The predicted octanol–water partition coefficient (Wildman–Crippen LogP) is 1.04. The third kappa shape index (κ3) is 4.23. The number of halogens is 1. The van der Waals surface area contributed by atoms with Gasteiger partial charge < -0.3 is 4.79 Å².